The summed E-state index contributed by atoms with van der Waals surface area (Å²) in [4.78, 5) is 19.7. The number of hydrogen-bond donors (Lipinski definition) is 0. The lowest BCUT2D eigenvalue weighted by Gasteiger charge is -2.08. The van der Waals surface area contributed by atoms with Crippen LogP contribution >= 0.6 is 11.3 Å². The maximum atomic E-state index is 6.19. The Morgan fingerprint density at radius 2 is 1.00 bits per heavy atom. The first-order valence-electron chi connectivity index (χ1n) is 15.3. The number of thiophene rings is 1. The lowest BCUT2D eigenvalue weighted by molar-refractivity contribution is 0.620. The van der Waals surface area contributed by atoms with Gasteiger partial charge in [-0.25, -0.2) is 19.9 Å². The molecule has 10 rings (SSSR count). The highest BCUT2D eigenvalue weighted by Gasteiger charge is 2.17. The summed E-state index contributed by atoms with van der Waals surface area (Å²) in [5, 5.41) is 4.47. The number of rotatable bonds is 4. The van der Waals surface area contributed by atoms with E-state index in [9.17, 15) is 0 Å². The fraction of sp³-hybridized carbons (Fsp3) is 0. The highest BCUT2D eigenvalue weighted by atomic mass is 32.1. The molecule has 0 bridgehead atoms. The average molecular weight is 623 g/mol. The van der Waals surface area contributed by atoms with Crippen LogP contribution in [0.4, 0.5) is 0 Å². The van der Waals surface area contributed by atoms with E-state index in [4.69, 9.17) is 28.8 Å². The highest BCUT2D eigenvalue weighted by Crippen LogP contribution is 2.39. The van der Waals surface area contributed by atoms with Crippen LogP contribution in [0, 0.1) is 0 Å². The number of furan rings is 1. The summed E-state index contributed by atoms with van der Waals surface area (Å²) >= 11 is 1.72. The Morgan fingerprint density at radius 1 is 0.383 bits per heavy atom. The largest absolute Gasteiger partial charge is 0.456 e. The number of fused-ring (bicyclic) bond motifs is 7. The van der Waals surface area contributed by atoms with Gasteiger partial charge in [0.15, 0.2) is 23.1 Å². The van der Waals surface area contributed by atoms with Crippen LogP contribution in [0.2, 0.25) is 0 Å². The van der Waals surface area contributed by atoms with Crippen molar-refractivity contribution in [2.24, 2.45) is 0 Å². The van der Waals surface area contributed by atoms with Gasteiger partial charge in [-0.2, -0.15) is 0 Å². The maximum absolute atomic E-state index is 6.19. The van der Waals surface area contributed by atoms with Crippen LogP contribution in [0.3, 0.4) is 0 Å². The SMILES string of the molecule is c1ccc(-c2nc(-c3ccc4c(c3)oc3ccccc34)nc(-c3ccc4c(c3)sc3cc5oc(-c6ccccc6)nc5cc34)n2)cc1. The molecule has 0 radical (unpaired) electrons. The molecule has 0 aliphatic rings. The second kappa shape index (κ2) is 10.2. The molecule has 6 nitrogen and oxygen atoms in total. The molecule has 7 heteroatoms. The van der Waals surface area contributed by atoms with Crippen molar-refractivity contribution in [3.05, 3.63) is 133 Å². The summed E-state index contributed by atoms with van der Waals surface area (Å²) in [6.45, 7) is 0. The van der Waals surface area contributed by atoms with Gasteiger partial charge in [0.1, 0.15) is 16.7 Å². The molecule has 4 heterocycles. The maximum Gasteiger partial charge on any atom is 0.227 e. The van der Waals surface area contributed by atoms with E-state index in [1.165, 1.54) is 0 Å². The molecule has 220 valence electrons. The molecular formula is C40H22N4O2S. The van der Waals surface area contributed by atoms with Crippen LogP contribution in [0.5, 0.6) is 0 Å². The quantitative estimate of drug-likeness (QED) is 0.194. The highest BCUT2D eigenvalue weighted by molar-refractivity contribution is 7.25. The van der Waals surface area contributed by atoms with Gasteiger partial charge in [-0.1, -0.05) is 84.9 Å². The molecule has 0 aliphatic heterocycles. The van der Waals surface area contributed by atoms with Crippen molar-refractivity contribution in [3.63, 3.8) is 0 Å². The average Bonchev–Trinajstić information content (AvgIpc) is 3.83. The molecule has 6 aromatic carbocycles. The summed E-state index contributed by atoms with van der Waals surface area (Å²) in [5.41, 5.74) is 6.96. The van der Waals surface area contributed by atoms with Crippen molar-refractivity contribution in [1.82, 2.24) is 19.9 Å². The van der Waals surface area contributed by atoms with E-state index in [1.807, 2.05) is 84.9 Å². The van der Waals surface area contributed by atoms with Crippen LogP contribution in [-0.2, 0) is 0 Å². The van der Waals surface area contributed by atoms with Gasteiger partial charge in [0.05, 0.1) is 0 Å². The second-order valence-corrected chi connectivity index (χ2v) is 12.6. The van der Waals surface area contributed by atoms with Gasteiger partial charge in [0.2, 0.25) is 5.89 Å². The minimum absolute atomic E-state index is 0.591. The summed E-state index contributed by atoms with van der Waals surface area (Å²) < 4.78 is 14.6. The van der Waals surface area contributed by atoms with E-state index in [2.05, 4.69) is 48.5 Å². The second-order valence-electron chi connectivity index (χ2n) is 11.5. The Hall–Kier alpha value is -6.18. The number of para-hydroxylation sites is 1. The normalized spacial score (nSPS) is 11.8. The molecule has 0 spiro atoms. The zero-order valence-electron chi connectivity index (χ0n) is 24.7. The Bertz CT molecular complexity index is 2800. The molecular weight excluding hydrogens is 601 g/mol. The first-order valence-corrected chi connectivity index (χ1v) is 16.1. The van der Waals surface area contributed by atoms with Crippen LogP contribution < -0.4 is 0 Å². The van der Waals surface area contributed by atoms with Crippen LogP contribution in [0.25, 0.3) is 98.8 Å². The zero-order valence-corrected chi connectivity index (χ0v) is 25.5. The van der Waals surface area contributed by atoms with Gasteiger partial charge in [0, 0.05) is 59.3 Å². The van der Waals surface area contributed by atoms with E-state index in [1.54, 1.807) is 11.3 Å². The zero-order chi connectivity index (χ0) is 30.9. The Morgan fingerprint density at radius 3 is 1.79 bits per heavy atom. The number of oxazole rings is 1. The van der Waals surface area contributed by atoms with Crippen LogP contribution in [0.1, 0.15) is 0 Å². The third-order valence-electron chi connectivity index (χ3n) is 8.56. The molecule has 0 unspecified atom stereocenters. The molecule has 0 fully saturated rings. The molecule has 0 N–H and O–H groups in total. The lowest BCUT2D eigenvalue weighted by Crippen LogP contribution is -2.00. The summed E-state index contributed by atoms with van der Waals surface area (Å²) in [6.07, 6.45) is 0. The fourth-order valence-corrected chi connectivity index (χ4v) is 7.41. The van der Waals surface area contributed by atoms with Gasteiger partial charge < -0.3 is 8.83 Å². The standard InChI is InChI=1S/C40H22N4O2S/c1-3-9-23(10-4-1)37-42-38(25-15-17-28-27-13-7-8-14-32(27)45-33(28)19-25)44-39(43-37)26-16-18-29-30-21-31-34(22-36(30)47-35(29)20-26)46-40(41-31)24-11-5-2-6-12-24/h1-22H. The molecule has 0 amide bonds. The minimum atomic E-state index is 0.591. The van der Waals surface area contributed by atoms with Gasteiger partial charge in [-0.15, -0.1) is 11.3 Å². The van der Waals surface area contributed by atoms with Crippen LogP contribution in [0.15, 0.2) is 142 Å². The van der Waals surface area contributed by atoms with Crippen molar-refractivity contribution >= 4 is 64.5 Å². The van der Waals surface area contributed by atoms with E-state index >= 15 is 0 Å². The van der Waals surface area contributed by atoms with Crippen LogP contribution in [-0.4, -0.2) is 19.9 Å². The van der Waals surface area contributed by atoms with Gasteiger partial charge in [0.25, 0.3) is 0 Å². The monoisotopic (exact) mass is 622 g/mol. The van der Waals surface area contributed by atoms with Crippen molar-refractivity contribution in [1.29, 1.82) is 0 Å². The number of aromatic nitrogens is 4. The van der Waals surface area contributed by atoms with Gasteiger partial charge >= 0.3 is 0 Å². The Kier molecular flexibility index (Phi) is 5.64. The molecule has 0 atom stereocenters. The summed E-state index contributed by atoms with van der Waals surface area (Å²) in [5.74, 6) is 2.45. The van der Waals surface area contributed by atoms with Gasteiger partial charge in [-0.3, -0.25) is 0 Å². The predicted octanol–water partition coefficient (Wildman–Crippen LogP) is 10.9. The Balaban J connectivity index is 1.10. The van der Waals surface area contributed by atoms with Crippen molar-refractivity contribution in [2.45, 2.75) is 0 Å². The predicted molar refractivity (Wildman–Crippen MR) is 189 cm³/mol. The first-order chi connectivity index (χ1) is 23.2. The van der Waals surface area contributed by atoms with Crippen molar-refractivity contribution < 1.29 is 8.83 Å². The molecule has 4 aromatic heterocycles. The van der Waals surface area contributed by atoms with E-state index in [0.717, 1.165) is 75.5 Å². The smallest absolute Gasteiger partial charge is 0.227 e. The Labute approximate surface area is 271 Å². The molecule has 0 saturated carbocycles. The van der Waals surface area contributed by atoms with Crippen molar-refractivity contribution in [3.8, 4) is 45.6 Å². The van der Waals surface area contributed by atoms with Crippen molar-refractivity contribution in [2.75, 3.05) is 0 Å². The molecule has 0 saturated heterocycles. The third kappa shape index (κ3) is 4.32. The van der Waals surface area contributed by atoms with E-state index < -0.39 is 0 Å². The summed E-state index contributed by atoms with van der Waals surface area (Å²) in [7, 11) is 0. The number of hydrogen-bond acceptors (Lipinski definition) is 7. The first kappa shape index (κ1) is 26.1. The van der Waals surface area contributed by atoms with Gasteiger partial charge in [-0.05, 0) is 42.5 Å². The molecule has 0 aliphatic carbocycles. The number of nitrogens with zero attached hydrogens (tertiary/aromatic N) is 4. The van der Waals surface area contributed by atoms with E-state index in [-0.39, 0.29) is 0 Å². The minimum Gasteiger partial charge on any atom is -0.456 e. The summed E-state index contributed by atoms with van der Waals surface area (Å²) in [6, 6.07) is 44.9. The molecule has 47 heavy (non-hydrogen) atoms. The topological polar surface area (TPSA) is 77.8 Å². The fourth-order valence-electron chi connectivity index (χ4n) is 6.26. The van der Waals surface area contributed by atoms with E-state index in [0.29, 0.717) is 23.4 Å². The number of benzene rings is 6. The molecule has 10 aromatic rings. The lowest BCUT2D eigenvalue weighted by atomic mass is 10.1. The third-order valence-corrected chi connectivity index (χ3v) is 9.68.